The molecule has 30 heavy (non-hydrogen) atoms. The van der Waals surface area contributed by atoms with Gasteiger partial charge in [-0.3, -0.25) is 4.79 Å². The standard InChI is InChI=1S/C20H20N4O6/c1-11-18(19(26)21-14-9-12(20(27)30-4)5-7-16(14)25)22-23-24(11)15-10-13(28-2)6-8-17(15)29-3/h5-10,25H,1-4H3,(H,21,26). The Morgan fingerprint density at radius 3 is 2.50 bits per heavy atom. The number of carbonyl (C=O) groups excluding carboxylic acids is 2. The summed E-state index contributed by atoms with van der Waals surface area (Å²) in [6, 6.07) is 9.13. The molecule has 10 heteroatoms. The number of aromatic hydroxyl groups is 1. The van der Waals surface area contributed by atoms with Crippen LogP contribution in [-0.2, 0) is 4.74 Å². The largest absolute Gasteiger partial charge is 0.506 e. The first-order chi connectivity index (χ1) is 14.4. The maximum atomic E-state index is 12.7. The summed E-state index contributed by atoms with van der Waals surface area (Å²) in [5, 5.41) is 20.6. The number of phenols is 1. The van der Waals surface area contributed by atoms with Crippen molar-refractivity contribution in [2.45, 2.75) is 6.92 Å². The van der Waals surface area contributed by atoms with Crippen LogP contribution in [0.1, 0.15) is 26.5 Å². The fourth-order valence-electron chi connectivity index (χ4n) is 2.79. The Kier molecular flexibility index (Phi) is 5.86. The molecule has 0 aliphatic heterocycles. The second-order valence-electron chi connectivity index (χ2n) is 6.15. The first-order valence-corrected chi connectivity index (χ1v) is 8.77. The number of nitrogens with zero attached hydrogens (tertiary/aromatic N) is 3. The predicted molar refractivity (Wildman–Crippen MR) is 107 cm³/mol. The number of phenolic OH excluding ortho intramolecular Hbond substituents is 1. The Bertz CT molecular complexity index is 1110. The summed E-state index contributed by atoms with van der Waals surface area (Å²) in [6.07, 6.45) is 0. The summed E-state index contributed by atoms with van der Waals surface area (Å²) in [5.41, 5.74) is 1.21. The van der Waals surface area contributed by atoms with Crippen molar-refractivity contribution in [1.82, 2.24) is 15.0 Å². The maximum Gasteiger partial charge on any atom is 0.337 e. The zero-order chi connectivity index (χ0) is 21.8. The minimum Gasteiger partial charge on any atom is -0.506 e. The van der Waals surface area contributed by atoms with Gasteiger partial charge in [0.05, 0.1) is 38.3 Å². The number of benzene rings is 2. The number of aromatic nitrogens is 3. The van der Waals surface area contributed by atoms with E-state index in [2.05, 4.69) is 20.4 Å². The third-order valence-corrected chi connectivity index (χ3v) is 4.39. The van der Waals surface area contributed by atoms with Gasteiger partial charge < -0.3 is 24.6 Å². The molecular weight excluding hydrogens is 392 g/mol. The highest BCUT2D eigenvalue weighted by Crippen LogP contribution is 2.29. The van der Waals surface area contributed by atoms with Gasteiger partial charge in [-0.15, -0.1) is 5.10 Å². The molecule has 0 fully saturated rings. The fraction of sp³-hybridized carbons (Fsp3) is 0.200. The van der Waals surface area contributed by atoms with Crippen LogP contribution in [0.5, 0.6) is 17.2 Å². The normalized spacial score (nSPS) is 10.4. The van der Waals surface area contributed by atoms with E-state index < -0.39 is 11.9 Å². The average molecular weight is 412 g/mol. The summed E-state index contributed by atoms with van der Waals surface area (Å²) < 4.78 is 16.7. The lowest BCUT2D eigenvalue weighted by molar-refractivity contribution is 0.0600. The lowest BCUT2D eigenvalue weighted by Gasteiger charge is -2.11. The molecule has 2 aromatic carbocycles. The molecule has 0 radical (unpaired) electrons. The van der Waals surface area contributed by atoms with Crippen LogP contribution in [0, 0.1) is 6.92 Å². The number of methoxy groups -OCH3 is 3. The van der Waals surface area contributed by atoms with Crippen LogP contribution in [0.15, 0.2) is 36.4 Å². The monoisotopic (exact) mass is 412 g/mol. The van der Waals surface area contributed by atoms with E-state index in [9.17, 15) is 14.7 Å². The van der Waals surface area contributed by atoms with E-state index in [4.69, 9.17) is 9.47 Å². The molecule has 0 bridgehead atoms. The molecule has 0 aliphatic carbocycles. The third kappa shape index (κ3) is 3.88. The maximum absolute atomic E-state index is 12.7. The van der Waals surface area contributed by atoms with Crippen molar-refractivity contribution in [2.75, 3.05) is 26.6 Å². The molecule has 0 atom stereocenters. The molecule has 3 aromatic rings. The minimum atomic E-state index is -0.613. The van der Waals surface area contributed by atoms with Crippen LogP contribution in [0.2, 0.25) is 0 Å². The van der Waals surface area contributed by atoms with Gasteiger partial charge in [0, 0.05) is 6.07 Å². The molecule has 1 aromatic heterocycles. The number of hydrogen-bond acceptors (Lipinski definition) is 8. The molecule has 0 saturated carbocycles. The minimum absolute atomic E-state index is 0.0303. The van der Waals surface area contributed by atoms with E-state index in [1.54, 1.807) is 25.1 Å². The zero-order valence-corrected chi connectivity index (χ0v) is 16.8. The molecule has 0 unspecified atom stereocenters. The quantitative estimate of drug-likeness (QED) is 0.467. The van der Waals surface area contributed by atoms with Crippen LogP contribution in [0.25, 0.3) is 5.69 Å². The summed E-state index contributed by atoms with van der Waals surface area (Å²) in [5.74, 6) is -0.332. The van der Waals surface area contributed by atoms with Gasteiger partial charge in [0.15, 0.2) is 5.69 Å². The predicted octanol–water partition coefficient (Wildman–Crippen LogP) is 2.34. The molecule has 3 rings (SSSR count). The van der Waals surface area contributed by atoms with Crippen molar-refractivity contribution in [2.24, 2.45) is 0 Å². The Morgan fingerprint density at radius 2 is 1.83 bits per heavy atom. The van der Waals surface area contributed by atoms with E-state index in [1.807, 2.05) is 0 Å². The Hall–Kier alpha value is -4.08. The van der Waals surface area contributed by atoms with E-state index in [0.29, 0.717) is 22.9 Å². The molecule has 10 nitrogen and oxygen atoms in total. The van der Waals surface area contributed by atoms with Crippen molar-refractivity contribution < 1.29 is 28.9 Å². The molecule has 2 N–H and O–H groups in total. The Balaban J connectivity index is 1.94. The molecule has 0 saturated heterocycles. The number of amides is 1. The number of anilines is 1. The highest BCUT2D eigenvalue weighted by Gasteiger charge is 2.21. The number of hydrogen-bond donors (Lipinski definition) is 2. The third-order valence-electron chi connectivity index (χ3n) is 4.39. The van der Waals surface area contributed by atoms with Gasteiger partial charge >= 0.3 is 5.97 Å². The van der Waals surface area contributed by atoms with Crippen LogP contribution in [0.4, 0.5) is 5.69 Å². The van der Waals surface area contributed by atoms with Gasteiger partial charge in [-0.1, -0.05) is 5.21 Å². The van der Waals surface area contributed by atoms with Crippen molar-refractivity contribution in [1.29, 1.82) is 0 Å². The van der Waals surface area contributed by atoms with Crippen LogP contribution < -0.4 is 14.8 Å². The van der Waals surface area contributed by atoms with Gasteiger partial charge in [-0.25, -0.2) is 9.48 Å². The fourth-order valence-corrected chi connectivity index (χ4v) is 2.79. The lowest BCUT2D eigenvalue weighted by Crippen LogP contribution is -2.15. The van der Waals surface area contributed by atoms with Gasteiger partial charge in [0.1, 0.15) is 22.9 Å². The Morgan fingerprint density at radius 1 is 1.07 bits per heavy atom. The van der Waals surface area contributed by atoms with Crippen molar-refractivity contribution in [3.63, 3.8) is 0 Å². The van der Waals surface area contributed by atoms with Gasteiger partial charge in [0.25, 0.3) is 5.91 Å². The van der Waals surface area contributed by atoms with E-state index in [-0.39, 0.29) is 22.7 Å². The number of nitrogens with one attached hydrogen (secondary N) is 1. The molecule has 0 aliphatic rings. The van der Waals surface area contributed by atoms with Crippen LogP contribution in [-0.4, -0.2) is 53.3 Å². The highest BCUT2D eigenvalue weighted by atomic mass is 16.5. The molecule has 0 spiro atoms. The molecular formula is C20H20N4O6. The first kappa shape index (κ1) is 20.6. The smallest absolute Gasteiger partial charge is 0.337 e. The summed E-state index contributed by atoms with van der Waals surface area (Å²) in [6.45, 7) is 1.67. The number of rotatable bonds is 6. The van der Waals surface area contributed by atoms with Crippen molar-refractivity contribution in [3.05, 3.63) is 53.3 Å². The Labute approximate surface area is 172 Å². The summed E-state index contributed by atoms with van der Waals surface area (Å²) >= 11 is 0. The van der Waals surface area contributed by atoms with E-state index in [1.165, 1.54) is 44.2 Å². The first-order valence-electron chi connectivity index (χ1n) is 8.77. The van der Waals surface area contributed by atoms with Crippen molar-refractivity contribution >= 4 is 17.6 Å². The van der Waals surface area contributed by atoms with Crippen molar-refractivity contribution in [3.8, 4) is 22.9 Å². The zero-order valence-electron chi connectivity index (χ0n) is 16.8. The second-order valence-corrected chi connectivity index (χ2v) is 6.15. The highest BCUT2D eigenvalue weighted by molar-refractivity contribution is 6.05. The topological polar surface area (TPSA) is 125 Å². The van der Waals surface area contributed by atoms with Crippen LogP contribution in [0.3, 0.4) is 0 Å². The average Bonchev–Trinajstić information content (AvgIpc) is 3.15. The molecule has 1 heterocycles. The number of esters is 1. The van der Waals surface area contributed by atoms with Crippen LogP contribution >= 0.6 is 0 Å². The lowest BCUT2D eigenvalue weighted by atomic mass is 10.2. The second kappa shape index (κ2) is 8.52. The summed E-state index contributed by atoms with van der Waals surface area (Å²) in [4.78, 5) is 24.4. The molecule has 1 amide bonds. The van der Waals surface area contributed by atoms with Gasteiger partial charge in [-0.2, -0.15) is 0 Å². The number of carbonyl (C=O) groups is 2. The SMILES string of the molecule is COC(=O)c1ccc(O)c(NC(=O)c2nnn(-c3cc(OC)ccc3OC)c2C)c1. The summed E-state index contributed by atoms with van der Waals surface area (Å²) in [7, 11) is 4.29. The molecule has 156 valence electrons. The number of ether oxygens (including phenoxy) is 3. The van der Waals surface area contributed by atoms with E-state index in [0.717, 1.165) is 0 Å². The van der Waals surface area contributed by atoms with Gasteiger partial charge in [-0.05, 0) is 37.3 Å². The van der Waals surface area contributed by atoms with E-state index >= 15 is 0 Å². The van der Waals surface area contributed by atoms with Gasteiger partial charge in [0.2, 0.25) is 0 Å².